The fourth-order valence-electron chi connectivity index (χ4n) is 1.24. The lowest BCUT2D eigenvalue weighted by atomic mass is 10.1. The van der Waals surface area contributed by atoms with E-state index in [9.17, 15) is 0 Å². The minimum Gasteiger partial charge on any atom is -0.365 e. The van der Waals surface area contributed by atoms with E-state index in [0.717, 1.165) is 5.92 Å². The third kappa shape index (κ3) is 3.48. The normalized spacial score (nSPS) is 32.7. The third-order valence-corrected chi connectivity index (χ3v) is 3.02. The van der Waals surface area contributed by atoms with Crippen LogP contribution >= 0.6 is 11.8 Å². The molecule has 1 nitrogen and oxygen atoms in total. The maximum Gasteiger partial charge on any atom is 0.103 e. The van der Waals surface area contributed by atoms with Crippen LogP contribution in [0.5, 0.6) is 0 Å². The molecule has 2 atom stereocenters. The first-order valence-electron chi connectivity index (χ1n) is 4.45. The Bertz CT molecular complexity index is 112. The molecule has 1 fully saturated rings. The van der Waals surface area contributed by atoms with Gasteiger partial charge in [-0.3, -0.25) is 0 Å². The van der Waals surface area contributed by atoms with Crippen molar-refractivity contribution in [1.82, 2.24) is 0 Å². The summed E-state index contributed by atoms with van der Waals surface area (Å²) in [5.74, 6) is 2.04. The van der Waals surface area contributed by atoms with Crippen molar-refractivity contribution >= 4 is 11.8 Å². The minimum absolute atomic E-state index is 0.471. The van der Waals surface area contributed by atoms with Crippen LogP contribution < -0.4 is 0 Å². The van der Waals surface area contributed by atoms with E-state index >= 15 is 0 Å². The zero-order chi connectivity index (χ0) is 8.27. The molecule has 2 unspecified atom stereocenters. The van der Waals surface area contributed by atoms with Gasteiger partial charge in [-0.1, -0.05) is 13.8 Å². The SMILES string of the molecule is CC(C)CC1OC(C)CCS1. The average molecular weight is 174 g/mol. The third-order valence-electron chi connectivity index (χ3n) is 1.88. The van der Waals surface area contributed by atoms with E-state index in [4.69, 9.17) is 4.74 Å². The number of ether oxygens (including phenoxy) is 1. The molecule has 1 rings (SSSR count). The summed E-state index contributed by atoms with van der Waals surface area (Å²) in [4.78, 5) is 0. The number of thioether (sulfide) groups is 1. The van der Waals surface area contributed by atoms with E-state index < -0.39 is 0 Å². The van der Waals surface area contributed by atoms with E-state index in [1.807, 2.05) is 11.8 Å². The number of hydrogen-bond donors (Lipinski definition) is 0. The van der Waals surface area contributed by atoms with Gasteiger partial charge in [0.2, 0.25) is 0 Å². The molecule has 0 amide bonds. The highest BCUT2D eigenvalue weighted by atomic mass is 32.2. The van der Waals surface area contributed by atoms with Gasteiger partial charge in [0.25, 0.3) is 0 Å². The van der Waals surface area contributed by atoms with E-state index in [1.54, 1.807) is 0 Å². The van der Waals surface area contributed by atoms with Gasteiger partial charge >= 0.3 is 0 Å². The van der Waals surface area contributed by atoms with Gasteiger partial charge in [-0.2, -0.15) is 0 Å². The van der Waals surface area contributed by atoms with Crippen LogP contribution in [0.3, 0.4) is 0 Å². The predicted molar refractivity (Wildman–Crippen MR) is 50.9 cm³/mol. The van der Waals surface area contributed by atoms with Gasteiger partial charge in [0, 0.05) is 0 Å². The quantitative estimate of drug-likeness (QED) is 0.636. The Morgan fingerprint density at radius 3 is 2.82 bits per heavy atom. The maximum atomic E-state index is 5.76. The fourth-order valence-corrected chi connectivity index (χ4v) is 2.76. The molecule has 0 radical (unpaired) electrons. The van der Waals surface area contributed by atoms with Crippen molar-refractivity contribution in [2.75, 3.05) is 5.75 Å². The van der Waals surface area contributed by atoms with Crippen molar-refractivity contribution in [2.45, 2.75) is 45.2 Å². The largest absolute Gasteiger partial charge is 0.365 e. The molecular formula is C9H18OS. The van der Waals surface area contributed by atoms with Gasteiger partial charge in [0.1, 0.15) is 5.44 Å². The summed E-state index contributed by atoms with van der Waals surface area (Å²) >= 11 is 1.97. The summed E-state index contributed by atoms with van der Waals surface area (Å²) in [6, 6.07) is 0. The monoisotopic (exact) mass is 174 g/mol. The summed E-state index contributed by atoms with van der Waals surface area (Å²) in [7, 11) is 0. The highest BCUT2D eigenvalue weighted by Gasteiger charge is 2.19. The summed E-state index contributed by atoms with van der Waals surface area (Å²) in [5, 5.41) is 0. The topological polar surface area (TPSA) is 9.23 Å². The van der Waals surface area contributed by atoms with Crippen molar-refractivity contribution in [2.24, 2.45) is 5.92 Å². The van der Waals surface area contributed by atoms with Gasteiger partial charge in [-0.25, -0.2) is 0 Å². The van der Waals surface area contributed by atoms with Crippen LogP contribution in [0.25, 0.3) is 0 Å². The second kappa shape index (κ2) is 4.36. The molecule has 1 aliphatic rings. The van der Waals surface area contributed by atoms with E-state index in [2.05, 4.69) is 20.8 Å². The molecule has 0 bridgehead atoms. The van der Waals surface area contributed by atoms with E-state index in [-0.39, 0.29) is 0 Å². The van der Waals surface area contributed by atoms with Crippen LogP contribution in [0.15, 0.2) is 0 Å². The van der Waals surface area contributed by atoms with Crippen molar-refractivity contribution in [3.05, 3.63) is 0 Å². The average Bonchev–Trinajstić information content (AvgIpc) is 1.85. The van der Waals surface area contributed by atoms with Crippen molar-refractivity contribution in [1.29, 1.82) is 0 Å². The van der Waals surface area contributed by atoms with Gasteiger partial charge < -0.3 is 4.74 Å². The zero-order valence-electron chi connectivity index (χ0n) is 7.67. The van der Waals surface area contributed by atoms with E-state index in [0.29, 0.717) is 11.5 Å². The Morgan fingerprint density at radius 1 is 1.55 bits per heavy atom. The van der Waals surface area contributed by atoms with Crippen LogP contribution in [-0.2, 0) is 4.74 Å². The molecule has 0 aromatic carbocycles. The van der Waals surface area contributed by atoms with E-state index in [1.165, 1.54) is 18.6 Å². The van der Waals surface area contributed by atoms with Crippen LogP contribution in [0.4, 0.5) is 0 Å². The van der Waals surface area contributed by atoms with Crippen LogP contribution in [-0.4, -0.2) is 17.3 Å². The molecule has 66 valence electrons. The Hall–Kier alpha value is 0.310. The fraction of sp³-hybridized carbons (Fsp3) is 1.00. The van der Waals surface area contributed by atoms with Gasteiger partial charge in [0.15, 0.2) is 0 Å². The summed E-state index contributed by atoms with van der Waals surface area (Å²) in [6.07, 6.45) is 2.91. The molecule has 1 aliphatic heterocycles. The molecule has 0 spiro atoms. The molecule has 11 heavy (non-hydrogen) atoms. The molecule has 0 aromatic heterocycles. The lowest BCUT2D eigenvalue weighted by molar-refractivity contribution is 0.0288. The van der Waals surface area contributed by atoms with Gasteiger partial charge in [0.05, 0.1) is 6.10 Å². The van der Waals surface area contributed by atoms with Crippen LogP contribution in [0.2, 0.25) is 0 Å². The Kier molecular flexibility index (Phi) is 3.73. The molecule has 0 aromatic rings. The number of hydrogen-bond acceptors (Lipinski definition) is 2. The second-order valence-electron chi connectivity index (χ2n) is 3.67. The van der Waals surface area contributed by atoms with Crippen LogP contribution in [0, 0.1) is 5.92 Å². The highest BCUT2D eigenvalue weighted by molar-refractivity contribution is 7.99. The minimum atomic E-state index is 0.471. The lowest BCUT2D eigenvalue weighted by Crippen LogP contribution is -2.24. The first kappa shape index (κ1) is 9.40. The molecule has 2 heteroatoms. The molecule has 0 aliphatic carbocycles. The van der Waals surface area contributed by atoms with Crippen molar-refractivity contribution in [3.8, 4) is 0 Å². The maximum absolute atomic E-state index is 5.76. The van der Waals surface area contributed by atoms with Gasteiger partial charge in [-0.15, -0.1) is 11.8 Å². The Balaban J connectivity index is 2.23. The second-order valence-corrected chi connectivity index (χ2v) is 4.93. The summed E-state index contributed by atoms with van der Waals surface area (Å²) in [6.45, 7) is 6.68. The lowest BCUT2D eigenvalue weighted by Gasteiger charge is -2.28. The predicted octanol–water partition coefficient (Wildman–Crippen LogP) is 2.90. The standard InChI is InChI=1S/C9H18OS/c1-7(2)6-9-10-8(3)4-5-11-9/h7-9H,4-6H2,1-3H3. The summed E-state index contributed by atoms with van der Waals surface area (Å²) in [5.41, 5.74) is 0.471. The van der Waals surface area contributed by atoms with Crippen LogP contribution in [0.1, 0.15) is 33.6 Å². The zero-order valence-corrected chi connectivity index (χ0v) is 8.49. The Labute approximate surface area is 73.9 Å². The summed E-state index contributed by atoms with van der Waals surface area (Å²) < 4.78 is 5.76. The first-order valence-corrected chi connectivity index (χ1v) is 5.50. The Morgan fingerprint density at radius 2 is 2.27 bits per heavy atom. The van der Waals surface area contributed by atoms with Gasteiger partial charge in [-0.05, 0) is 31.4 Å². The van der Waals surface area contributed by atoms with Crippen molar-refractivity contribution < 1.29 is 4.74 Å². The highest BCUT2D eigenvalue weighted by Crippen LogP contribution is 2.28. The smallest absolute Gasteiger partial charge is 0.103 e. The molecule has 1 heterocycles. The molecule has 0 saturated carbocycles. The van der Waals surface area contributed by atoms with Crippen molar-refractivity contribution in [3.63, 3.8) is 0 Å². The number of rotatable bonds is 2. The molecule has 1 saturated heterocycles. The first-order chi connectivity index (χ1) is 5.18. The molecular weight excluding hydrogens is 156 g/mol. The molecule has 0 N–H and O–H groups in total.